The second-order valence-corrected chi connectivity index (χ2v) is 8.02. The van der Waals surface area contributed by atoms with Gasteiger partial charge in [0.1, 0.15) is 11.3 Å². The van der Waals surface area contributed by atoms with Crippen molar-refractivity contribution in [3.8, 4) is 0 Å². The molecule has 2 aliphatic heterocycles. The van der Waals surface area contributed by atoms with E-state index in [9.17, 15) is 4.79 Å². The fraction of sp³-hybridized carbons (Fsp3) is 0.571. The summed E-state index contributed by atoms with van der Waals surface area (Å²) in [5, 5.41) is 1.27. The van der Waals surface area contributed by atoms with Crippen LogP contribution in [0.4, 0.5) is 0 Å². The molecule has 1 amide bonds. The predicted molar refractivity (Wildman–Crippen MR) is 99.5 cm³/mol. The van der Waals surface area contributed by atoms with Gasteiger partial charge in [-0.2, -0.15) is 0 Å². The van der Waals surface area contributed by atoms with Gasteiger partial charge in [0.2, 0.25) is 5.91 Å². The Kier molecular flexibility index (Phi) is 4.32. The van der Waals surface area contributed by atoms with Gasteiger partial charge in [0, 0.05) is 43.5 Å². The summed E-state index contributed by atoms with van der Waals surface area (Å²) in [6.07, 6.45) is 3.74. The molecule has 1 saturated heterocycles. The van der Waals surface area contributed by atoms with E-state index in [1.165, 1.54) is 10.9 Å². The van der Waals surface area contributed by atoms with Crippen molar-refractivity contribution < 1.29 is 9.21 Å². The lowest BCUT2D eigenvalue weighted by Crippen LogP contribution is -2.48. The molecular formula is C21H28N2O2. The third-order valence-electron chi connectivity index (χ3n) is 5.89. The Balaban J connectivity index is 1.59. The molecule has 1 aromatic heterocycles. The summed E-state index contributed by atoms with van der Waals surface area (Å²) >= 11 is 0. The van der Waals surface area contributed by atoms with Crippen molar-refractivity contribution in [3.63, 3.8) is 0 Å². The number of para-hydroxylation sites is 1. The van der Waals surface area contributed by atoms with E-state index in [0.717, 1.165) is 43.7 Å². The number of rotatable bonds is 3. The first-order valence-corrected chi connectivity index (χ1v) is 9.54. The largest absolute Gasteiger partial charge is 0.459 e. The third-order valence-corrected chi connectivity index (χ3v) is 5.89. The number of carbonyl (C=O) groups is 1. The van der Waals surface area contributed by atoms with Crippen molar-refractivity contribution in [1.82, 2.24) is 9.80 Å². The van der Waals surface area contributed by atoms with Crippen LogP contribution in [0.2, 0.25) is 0 Å². The molecule has 0 aliphatic carbocycles. The summed E-state index contributed by atoms with van der Waals surface area (Å²) in [6.45, 7) is 6.36. The summed E-state index contributed by atoms with van der Waals surface area (Å²) < 4.78 is 6.27. The fourth-order valence-corrected chi connectivity index (χ4v) is 4.48. The number of nitrogens with zero attached hydrogens (tertiary/aromatic N) is 2. The first kappa shape index (κ1) is 16.6. The number of hydrogen-bond donors (Lipinski definition) is 0. The zero-order valence-corrected chi connectivity index (χ0v) is 15.5. The molecule has 2 atom stereocenters. The predicted octanol–water partition coefficient (Wildman–Crippen LogP) is 4.00. The van der Waals surface area contributed by atoms with E-state index in [-0.39, 0.29) is 5.91 Å². The molecule has 134 valence electrons. The molecule has 2 unspecified atom stereocenters. The molecule has 0 N–H and O–H groups in total. The van der Waals surface area contributed by atoms with Gasteiger partial charge in [-0.3, -0.25) is 9.69 Å². The molecule has 2 aliphatic rings. The number of hydrogen-bond acceptors (Lipinski definition) is 3. The van der Waals surface area contributed by atoms with Crippen LogP contribution in [0.3, 0.4) is 0 Å². The Morgan fingerprint density at radius 2 is 2.12 bits per heavy atom. The van der Waals surface area contributed by atoms with Gasteiger partial charge in [0.15, 0.2) is 0 Å². The first-order chi connectivity index (χ1) is 12.0. The quantitative estimate of drug-likeness (QED) is 0.847. The second-order valence-electron chi connectivity index (χ2n) is 8.02. The monoisotopic (exact) mass is 340 g/mol. The summed E-state index contributed by atoms with van der Waals surface area (Å²) in [7, 11) is 1.98. The molecule has 1 fully saturated rings. The maximum Gasteiger partial charge on any atom is 0.222 e. The van der Waals surface area contributed by atoms with Crippen molar-refractivity contribution in [3.05, 3.63) is 35.6 Å². The summed E-state index contributed by atoms with van der Waals surface area (Å²) in [6, 6.07) is 8.99. The smallest absolute Gasteiger partial charge is 0.222 e. The van der Waals surface area contributed by atoms with Crippen molar-refractivity contribution in [1.29, 1.82) is 0 Å². The molecule has 0 radical (unpaired) electrons. The van der Waals surface area contributed by atoms with Crippen LogP contribution < -0.4 is 0 Å². The Labute approximate surface area is 149 Å². The fourth-order valence-electron chi connectivity index (χ4n) is 4.48. The molecule has 4 heteroatoms. The van der Waals surface area contributed by atoms with E-state index in [2.05, 4.69) is 36.9 Å². The highest BCUT2D eigenvalue weighted by Crippen LogP contribution is 2.42. The normalized spacial score (nSPS) is 23.5. The standard InChI is InChI=1S/C21H28N2O2/c1-14(2)12-20(24)22(3)15-8-10-23-11-9-17-16-6-4-5-7-19(16)25-21(17)18(23)13-15/h4-7,14-15,18H,8-13H2,1-3H3. The zero-order valence-electron chi connectivity index (χ0n) is 15.5. The summed E-state index contributed by atoms with van der Waals surface area (Å²) in [5.41, 5.74) is 2.38. The molecule has 25 heavy (non-hydrogen) atoms. The number of piperidine rings is 1. The lowest BCUT2D eigenvalue weighted by atomic mass is 9.88. The average molecular weight is 340 g/mol. The van der Waals surface area contributed by atoms with Gasteiger partial charge in [-0.25, -0.2) is 0 Å². The number of amides is 1. The Hall–Kier alpha value is -1.81. The van der Waals surface area contributed by atoms with Crippen LogP contribution in [0.15, 0.2) is 28.7 Å². The van der Waals surface area contributed by atoms with Gasteiger partial charge >= 0.3 is 0 Å². The molecule has 0 bridgehead atoms. The van der Waals surface area contributed by atoms with Gasteiger partial charge in [-0.1, -0.05) is 32.0 Å². The summed E-state index contributed by atoms with van der Waals surface area (Å²) in [5.74, 6) is 1.82. The minimum Gasteiger partial charge on any atom is -0.459 e. The average Bonchev–Trinajstić information content (AvgIpc) is 2.99. The van der Waals surface area contributed by atoms with Crippen LogP contribution in [0.5, 0.6) is 0 Å². The Morgan fingerprint density at radius 1 is 1.32 bits per heavy atom. The van der Waals surface area contributed by atoms with E-state index in [1.54, 1.807) is 0 Å². The highest BCUT2D eigenvalue weighted by Gasteiger charge is 2.38. The van der Waals surface area contributed by atoms with Gasteiger partial charge in [0.25, 0.3) is 0 Å². The molecular weight excluding hydrogens is 312 g/mol. The van der Waals surface area contributed by atoms with Crippen LogP contribution in [0.25, 0.3) is 11.0 Å². The minimum absolute atomic E-state index is 0.272. The van der Waals surface area contributed by atoms with Crippen molar-refractivity contribution in [2.45, 2.75) is 51.6 Å². The number of furan rings is 1. The van der Waals surface area contributed by atoms with E-state index >= 15 is 0 Å². The van der Waals surface area contributed by atoms with Gasteiger partial charge < -0.3 is 9.32 Å². The molecule has 4 rings (SSSR count). The van der Waals surface area contributed by atoms with Gasteiger partial charge in [0.05, 0.1) is 6.04 Å². The third kappa shape index (κ3) is 2.97. The van der Waals surface area contributed by atoms with Gasteiger partial charge in [-0.15, -0.1) is 0 Å². The number of benzene rings is 1. The highest BCUT2D eigenvalue weighted by atomic mass is 16.3. The van der Waals surface area contributed by atoms with Crippen molar-refractivity contribution in [2.75, 3.05) is 20.1 Å². The number of carbonyl (C=O) groups excluding carboxylic acids is 1. The summed E-state index contributed by atoms with van der Waals surface area (Å²) in [4.78, 5) is 17.0. The molecule has 2 aromatic rings. The maximum atomic E-state index is 12.5. The van der Waals surface area contributed by atoms with Crippen molar-refractivity contribution >= 4 is 16.9 Å². The van der Waals surface area contributed by atoms with Gasteiger partial charge in [-0.05, 0) is 31.2 Å². The van der Waals surface area contributed by atoms with Crippen LogP contribution in [-0.4, -0.2) is 41.9 Å². The minimum atomic E-state index is 0.272. The highest BCUT2D eigenvalue weighted by molar-refractivity contribution is 5.82. The van der Waals surface area contributed by atoms with Crippen molar-refractivity contribution in [2.24, 2.45) is 5.92 Å². The lowest BCUT2D eigenvalue weighted by molar-refractivity contribution is -0.134. The zero-order chi connectivity index (χ0) is 17.6. The molecule has 4 nitrogen and oxygen atoms in total. The topological polar surface area (TPSA) is 36.7 Å². The van der Waals surface area contributed by atoms with E-state index in [0.29, 0.717) is 24.4 Å². The second kappa shape index (κ2) is 6.49. The van der Waals surface area contributed by atoms with Crippen LogP contribution in [-0.2, 0) is 11.2 Å². The maximum absolute atomic E-state index is 12.5. The van der Waals surface area contributed by atoms with Crippen LogP contribution in [0.1, 0.15) is 50.5 Å². The Bertz CT molecular complexity index is 779. The van der Waals surface area contributed by atoms with Crippen LogP contribution in [0, 0.1) is 5.92 Å². The van der Waals surface area contributed by atoms with E-state index < -0.39 is 0 Å². The molecule has 0 saturated carbocycles. The van der Waals surface area contributed by atoms with Crippen LogP contribution >= 0.6 is 0 Å². The van der Waals surface area contributed by atoms with E-state index in [4.69, 9.17) is 4.42 Å². The molecule has 1 aromatic carbocycles. The first-order valence-electron chi connectivity index (χ1n) is 9.54. The van der Waals surface area contributed by atoms with E-state index in [1.807, 2.05) is 18.0 Å². The molecule has 3 heterocycles. The SMILES string of the molecule is CC(C)CC(=O)N(C)C1CCN2CCc3c(oc4ccccc34)C2C1. The lowest BCUT2D eigenvalue weighted by Gasteiger charge is -2.44. The molecule has 0 spiro atoms. The number of fused-ring (bicyclic) bond motifs is 5. The Morgan fingerprint density at radius 3 is 2.92 bits per heavy atom.